The van der Waals surface area contributed by atoms with Gasteiger partial charge in [-0.25, -0.2) is 4.98 Å². The molecular weight excluding hydrogens is 276 g/mol. The van der Waals surface area contributed by atoms with E-state index in [-0.39, 0.29) is 12.3 Å². The summed E-state index contributed by atoms with van der Waals surface area (Å²) in [7, 11) is 1.69. The van der Waals surface area contributed by atoms with E-state index in [4.69, 9.17) is 0 Å². The molecule has 0 fully saturated rings. The second kappa shape index (κ2) is 6.83. The van der Waals surface area contributed by atoms with Crippen molar-refractivity contribution in [2.24, 2.45) is 5.41 Å². The van der Waals surface area contributed by atoms with Gasteiger partial charge in [0.15, 0.2) is 0 Å². The van der Waals surface area contributed by atoms with E-state index >= 15 is 0 Å². The normalized spacial score (nSPS) is 11.4. The third-order valence-corrected chi connectivity index (χ3v) is 4.61. The molecular formula is C14H22N2O3S. The van der Waals surface area contributed by atoms with Gasteiger partial charge in [-0.05, 0) is 19.8 Å². The van der Waals surface area contributed by atoms with E-state index in [2.05, 4.69) is 4.98 Å². The monoisotopic (exact) mass is 298 g/mol. The number of thiazole rings is 1. The molecule has 0 aliphatic rings. The van der Waals surface area contributed by atoms with Crippen molar-refractivity contribution in [1.82, 2.24) is 9.88 Å². The summed E-state index contributed by atoms with van der Waals surface area (Å²) in [5, 5.41) is 12.2. The highest BCUT2D eigenvalue weighted by molar-refractivity contribution is 7.09. The minimum Gasteiger partial charge on any atom is -0.481 e. The molecule has 0 saturated carbocycles. The van der Waals surface area contributed by atoms with Crippen LogP contribution in [-0.2, 0) is 16.1 Å². The van der Waals surface area contributed by atoms with E-state index in [0.717, 1.165) is 10.7 Å². The van der Waals surface area contributed by atoms with Crippen molar-refractivity contribution < 1.29 is 14.7 Å². The van der Waals surface area contributed by atoms with E-state index in [0.29, 0.717) is 19.4 Å². The van der Waals surface area contributed by atoms with Crippen LogP contribution < -0.4 is 0 Å². The number of carbonyl (C=O) groups is 2. The molecule has 0 aliphatic heterocycles. The predicted molar refractivity (Wildman–Crippen MR) is 78.6 cm³/mol. The first-order chi connectivity index (χ1) is 9.34. The molecule has 1 N–H and O–H groups in total. The number of carboxylic acids is 1. The van der Waals surface area contributed by atoms with Gasteiger partial charge >= 0.3 is 5.97 Å². The van der Waals surface area contributed by atoms with E-state index in [9.17, 15) is 14.7 Å². The smallest absolute Gasteiger partial charge is 0.310 e. The Labute approximate surface area is 123 Å². The van der Waals surface area contributed by atoms with Crippen LogP contribution in [0, 0.1) is 12.3 Å². The van der Waals surface area contributed by atoms with Gasteiger partial charge in [0.05, 0.1) is 22.7 Å². The topological polar surface area (TPSA) is 70.5 Å². The highest BCUT2D eigenvalue weighted by Gasteiger charge is 2.37. The van der Waals surface area contributed by atoms with Gasteiger partial charge in [-0.2, -0.15) is 0 Å². The molecule has 1 aromatic heterocycles. The molecule has 0 bridgehead atoms. The van der Waals surface area contributed by atoms with Gasteiger partial charge < -0.3 is 10.0 Å². The Morgan fingerprint density at radius 3 is 2.40 bits per heavy atom. The Kier molecular flexibility index (Phi) is 5.68. The maximum Gasteiger partial charge on any atom is 0.310 e. The van der Waals surface area contributed by atoms with Gasteiger partial charge in [-0.15, -0.1) is 11.3 Å². The second-order valence-electron chi connectivity index (χ2n) is 5.08. The number of amides is 1. The minimum atomic E-state index is -0.955. The Bertz CT molecular complexity index is 481. The number of hydrogen-bond acceptors (Lipinski definition) is 4. The maximum absolute atomic E-state index is 12.2. The van der Waals surface area contributed by atoms with Gasteiger partial charge in [0.25, 0.3) is 0 Å². The maximum atomic E-state index is 12.2. The standard InChI is InChI=1S/C14H22N2O3S/c1-5-14(6-2,13(18)19)7-12(17)16(4)8-11-9-20-10(3)15-11/h9H,5-8H2,1-4H3,(H,18,19). The first-order valence-corrected chi connectivity index (χ1v) is 7.61. The Morgan fingerprint density at radius 2 is 2.00 bits per heavy atom. The molecule has 0 saturated heterocycles. The average molecular weight is 298 g/mol. The van der Waals surface area contributed by atoms with Crippen molar-refractivity contribution in [2.45, 2.75) is 46.6 Å². The van der Waals surface area contributed by atoms with Crippen molar-refractivity contribution in [3.63, 3.8) is 0 Å². The molecule has 20 heavy (non-hydrogen) atoms. The molecule has 1 heterocycles. The van der Waals surface area contributed by atoms with Gasteiger partial charge in [0.1, 0.15) is 0 Å². The first kappa shape index (κ1) is 16.6. The average Bonchev–Trinajstić information content (AvgIpc) is 2.80. The summed E-state index contributed by atoms with van der Waals surface area (Å²) in [6.45, 7) is 5.97. The van der Waals surface area contributed by atoms with Gasteiger partial charge in [0.2, 0.25) is 5.91 Å². The number of aliphatic carboxylic acids is 1. The number of rotatable bonds is 7. The van der Waals surface area contributed by atoms with E-state index in [1.807, 2.05) is 26.2 Å². The molecule has 0 unspecified atom stereocenters. The minimum absolute atomic E-state index is 0.0367. The van der Waals surface area contributed by atoms with Crippen LogP contribution in [0.5, 0.6) is 0 Å². The zero-order valence-electron chi connectivity index (χ0n) is 12.5. The van der Waals surface area contributed by atoms with Gasteiger partial charge in [-0.1, -0.05) is 13.8 Å². The van der Waals surface area contributed by atoms with Crippen LogP contribution in [0.2, 0.25) is 0 Å². The largest absolute Gasteiger partial charge is 0.481 e. The van der Waals surface area contributed by atoms with E-state index < -0.39 is 11.4 Å². The first-order valence-electron chi connectivity index (χ1n) is 6.73. The Morgan fingerprint density at radius 1 is 1.40 bits per heavy atom. The fourth-order valence-electron chi connectivity index (χ4n) is 2.11. The summed E-state index contributed by atoms with van der Waals surface area (Å²) in [4.78, 5) is 29.5. The van der Waals surface area contributed by atoms with Crippen LogP contribution in [0.3, 0.4) is 0 Å². The van der Waals surface area contributed by atoms with Crippen LogP contribution in [0.4, 0.5) is 0 Å². The molecule has 1 aromatic rings. The lowest BCUT2D eigenvalue weighted by molar-refractivity contribution is -0.154. The molecule has 0 aromatic carbocycles. The molecule has 0 radical (unpaired) electrons. The quantitative estimate of drug-likeness (QED) is 0.840. The zero-order valence-corrected chi connectivity index (χ0v) is 13.3. The lowest BCUT2D eigenvalue weighted by Crippen LogP contribution is -2.37. The van der Waals surface area contributed by atoms with Crippen molar-refractivity contribution in [1.29, 1.82) is 0 Å². The summed E-state index contributed by atoms with van der Waals surface area (Å²) in [6.07, 6.45) is 0.942. The highest BCUT2D eigenvalue weighted by atomic mass is 32.1. The third kappa shape index (κ3) is 3.79. The summed E-state index contributed by atoms with van der Waals surface area (Å²) in [5.74, 6) is -1.05. The molecule has 112 valence electrons. The van der Waals surface area contributed by atoms with Crippen LogP contribution in [0.15, 0.2) is 5.38 Å². The van der Waals surface area contributed by atoms with Crippen LogP contribution in [0.1, 0.15) is 43.8 Å². The fraction of sp³-hybridized carbons (Fsp3) is 0.643. The molecule has 1 amide bonds. The van der Waals surface area contributed by atoms with Crippen LogP contribution >= 0.6 is 11.3 Å². The van der Waals surface area contributed by atoms with Crippen molar-refractivity contribution in [2.75, 3.05) is 7.05 Å². The highest BCUT2D eigenvalue weighted by Crippen LogP contribution is 2.31. The van der Waals surface area contributed by atoms with Crippen LogP contribution in [0.25, 0.3) is 0 Å². The van der Waals surface area contributed by atoms with E-state index in [1.165, 1.54) is 0 Å². The van der Waals surface area contributed by atoms with E-state index in [1.54, 1.807) is 23.3 Å². The molecule has 0 aliphatic carbocycles. The fourth-order valence-corrected chi connectivity index (χ4v) is 2.72. The summed E-state index contributed by atoms with van der Waals surface area (Å²) < 4.78 is 0. The lowest BCUT2D eigenvalue weighted by atomic mass is 9.79. The number of aromatic nitrogens is 1. The molecule has 1 rings (SSSR count). The second-order valence-corrected chi connectivity index (χ2v) is 6.14. The number of aryl methyl sites for hydroxylation is 1. The van der Waals surface area contributed by atoms with Gasteiger partial charge in [0, 0.05) is 18.8 Å². The SMILES string of the molecule is CCC(CC)(CC(=O)N(C)Cc1csc(C)n1)C(=O)O. The van der Waals surface area contributed by atoms with Crippen LogP contribution in [-0.4, -0.2) is 33.9 Å². The molecule has 5 nitrogen and oxygen atoms in total. The Balaban J connectivity index is 2.71. The molecule has 6 heteroatoms. The van der Waals surface area contributed by atoms with Crippen molar-refractivity contribution in [3.05, 3.63) is 16.1 Å². The zero-order chi connectivity index (χ0) is 15.3. The summed E-state index contributed by atoms with van der Waals surface area (Å²) >= 11 is 1.54. The number of nitrogens with zero attached hydrogens (tertiary/aromatic N) is 2. The summed E-state index contributed by atoms with van der Waals surface area (Å²) in [6, 6.07) is 0. The lowest BCUT2D eigenvalue weighted by Gasteiger charge is -2.28. The predicted octanol–water partition coefficient (Wildman–Crippen LogP) is 2.69. The van der Waals surface area contributed by atoms with Crippen molar-refractivity contribution in [3.8, 4) is 0 Å². The number of carbonyl (C=O) groups excluding carboxylic acids is 1. The molecule has 0 spiro atoms. The number of carboxylic acid groups (broad SMARTS) is 1. The van der Waals surface area contributed by atoms with Crippen molar-refractivity contribution >= 4 is 23.2 Å². The molecule has 0 atom stereocenters. The third-order valence-electron chi connectivity index (χ3n) is 3.79. The summed E-state index contributed by atoms with van der Waals surface area (Å²) in [5.41, 5.74) is -0.110. The number of hydrogen-bond donors (Lipinski definition) is 1. The Hall–Kier alpha value is -1.43. The van der Waals surface area contributed by atoms with Gasteiger partial charge in [-0.3, -0.25) is 9.59 Å².